The SMILES string of the molecule is Cc1nn(-c2ccccc2)c2sc(C(=O)NCCC(C)(C)C(=O)O)cc12. The molecule has 2 aromatic heterocycles. The van der Waals surface area contributed by atoms with Crippen molar-refractivity contribution in [3.63, 3.8) is 0 Å². The van der Waals surface area contributed by atoms with E-state index >= 15 is 0 Å². The summed E-state index contributed by atoms with van der Waals surface area (Å²) in [6.45, 7) is 5.54. The van der Waals surface area contributed by atoms with Crippen molar-refractivity contribution < 1.29 is 14.7 Å². The van der Waals surface area contributed by atoms with Gasteiger partial charge in [-0.3, -0.25) is 9.59 Å². The number of amides is 1. The molecule has 1 amide bonds. The zero-order valence-electron chi connectivity index (χ0n) is 14.9. The van der Waals surface area contributed by atoms with Crippen LogP contribution in [-0.2, 0) is 4.79 Å². The molecule has 0 aliphatic rings. The second-order valence-corrected chi connectivity index (χ2v) is 7.89. The van der Waals surface area contributed by atoms with E-state index in [1.54, 1.807) is 13.8 Å². The van der Waals surface area contributed by atoms with Gasteiger partial charge in [-0.05, 0) is 45.4 Å². The molecule has 0 bridgehead atoms. The number of aliphatic carboxylic acids is 1. The molecule has 0 radical (unpaired) electrons. The highest BCUT2D eigenvalue weighted by Gasteiger charge is 2.27. The van der Waals surface area contributed by atoms with Crippen LogP contribution in [0.2, 0.25) is 0 Å². The fraction of sp³-hybridized carbons (Fsp3) is 0.316. The normalized spacial score (nSPS) is 11.7. The van der Waals surface area contributed by atoms with Crippen molar-refractivity contribution in [3.8, 4) is 5.69 Å². The van der Waals surface area contributed by atoms with Gasteiger partial charge in [-0.25, -0.2) is 4.68 Å². The van der Waals surface area contributed by atoms with E-state index in [0.29, 0.717) is 17.8 Å². The van der Waals surface area contributed by atoms with Crippen LogP contribution in [0.25, 0.3) is 15.9 Å². The average molecular weight is 371 g/mol. The number of carboxylic acids is 1. The molecule has 0 fully saturated rings. The van der Waals surface area contributed by atoms with Gasteiger partial charge in [0.15, 0.2) is 0 Å². The molecular formula is C19H21N3O3S. The highest BCUT2D eigenvalue weighted by Crippen LogP contribution is 2.30. The summed E-state index contributed by atoms with van der Waals surface area (Å²) >= 11 is 1.38. The van der Waals surface area contributed by atoms with E-state index in [-0.39, 0.29) is 5.91 Å². The average Bonchev–Trinajstić information content (AvgIpc) is 3.16. The van der Waals surface area contributed by atoms with Crippen LogP contribution in [0.15, 0.2) is 36.4 Å². The summed E-state index contributed by atoms with van der Waals surface area (Å²) in [5.74, 6) is -1.06. The van der Waals surface area contributed by atoms with Crippen LogP contribution in [0, 0.1) is 12.3 Å². The van der Waals surface area contributed by atoms with Crippen LogP contribution in [0.3, 0.4) is 0 Å². The molecule has 6 nitrogen and oxygen atoms in total. The fourth-order valence-corrected chi connectivity index (χ4v) is 3.69. The minimum Gasteiger partial charge on any atom is -0.481 e. The minimum absolute atomic E-state index is 0.189. The summed E-state index contributed by atoms with van der Waals surface area (Å²) in [6.07, 6.45) is 0.371. The maximum atomic E-state index is 12.4. The van der Waals surface area contributed by atoms with Crippen LogP contribution < -0.4 is 5.32 Å². The Morgan fingerprint density at radius 2 is 1.96 bits per heavy atom. The molecule has 1 aromatic carbocycles. The van der Waals surface area contributed by atoms with E-state index in [2.05, 4.69) is 10.4 Å². The fourth-order valence-electron chi connectivity index (χ4n) is 2.59. The molecular weight excluding hydrogens is 350 g/mol. The van der Waals surface area contributed by atoms with E-state index in [9.17, 15) is 9.59 Å². The summed E-state index contributed by atoms with van der Waals surface area (Å²) in [5, 5.41) is 17.5. The smallest absolute Gasteiger partial charge is 0.309 e. The van der Waals surface area contributed by atoms with Gasteiger partial charge in [-0.2, -0.15) is 5.10 Å². The molecule has 0 saturated heterocycles. The Balaban J connectivity index is 1.79. The van der Waals surface area contributed by atoms with Crippen molar-refractivity contribution in [2.24, 2.45) is 5.41 Å². The number of nitrogens with zero attached hydrogens (tertiary/aromatic N) is 2. The number of hydrogen-bond acceptors (Lipinski definition) is 4. The number of carbonyl (C=O) groups is 2. The Kier molecular flexibility index (Phi) is 4.82. The number of carboxylic acid groups (broad SMARTS) is 1. The number of aryl methyl sites for hydroxylation is 1. The first-order valence-corrected chi connectivity index (χ1v) is 9.17. The van der Waals surface area contributed by atoms with E-state index in [1.165, 1.54) is 11.3 Å². The summed E-state index contributed by atoms with van der Waals surface area (Å²) in [7, 11) is 0. The highest BCUT2D eigenvalue weighted by atomic mass is 32.1. The monoisotopic (exact) mass is 371 g/mol. The quantitative estimate of drug-likeness (QED) is 0.693. The Morgan fingerprint density at radius 1 is 1.27 bits per heavy atom. The van der Waals surface area contributed by atoms with Crippen LogP contribution in [-0.4, -0.2) is 33.3 Å². The van der Waals surface area contributed by atoms with Crippen LogP contribution >= 0.6 is 11.3 Å². The number of carbonyl (C=O) groups excluding carboxylic acids is 1. The van der Waals surface area contributed by atoms with Crippen molar-refractivity contribution in [1.29, 1.82) is 0 Å². The lowest BCUT2D eigenvalue weighted by Crippen LogP contribution is -2.31. The maximum absolute atomic E-state index is 12.4. The van der Waals surface area contributed by atoms with Crippen LogP contribution in [0.4, 0.5) is 0 Å². The van der Waals surface area contributed by atoms with Gasteiger partial charge in [0, 0.05) is 11.9 Å². The molecule has 0 unspecified atom stereocenters. The summed E-state index contributed by atoms with van der Waals surface area (Å²) in [5.41, 5.74) is 0.950. The number of rotatable bonds is 6. The molecule has 0 saturated carbocycles. The number of nitrogens with one attached hydrogen (secondary N) is 1. The molecule has 2 N–H and O–H groups in total. The Morgan fingerprint density at radius 3 is 2.62 bits per heavy atom. The third kappa shape index (κ3) is 3.48. The lowest BCUT2D eigenvalue weighted by atomic mass is 9.90. The van der Waals surface area contributed by atoms with Crippen LogP contribution in [0.1, 0.15) is 35.6 Å². The molecule has 7 heteroatoms. The lowest BCUT2D eigenvalue weighted by Gasteiger charge is -2.18. The van der Waals surface area contributed by atoms with Crippen molar-refractivity contribution in [2.75, 3.05) is 6.54 Å². The standard InChI is InChI=1S/C19H21N3O3S/c1-12-14-11-15(16(23)20-10-9-19(2,3)18(24)25)26-17(14)22(21-12)13-7-5-4-6-8-13/h4-8,11H,9-10H2,1-3H3,(H,20,23)(H,24,25). The first kappa shape index (κ1) is 18.1. The van der Waals surface area contributed by atoms with Gasteiger partial charge in [-0.15, -0.1) is 11.3 Å². The molecule has 0 aliphatic carbocycles. The molecule has 3 rings (SSSR count). The number of aromatic nitrogens is 2. The van der Waals surface area contributed by atoms with Crippen molar-refractivity contribution in [2.45, 2.75) is 27.2 Å². The highest BCUT2D eigenvalue weighted by molar-refractivity contribution is 7.20. The summed E-state index contributed by atoms with van der Waals surface area (Å²) < 4.78 is 1.85. The number of thiophene rings is 1. The lowest BCUT2D eigenvalue weighted by molar-refractivity contribution is -0.147. The third-order valence-corrected chi connectivity index (χ3v) is 5.49. The predicted molar refractivity (Wildman–Crippen MR) is 102 cm³/mol. The zero-order valence-corrected chi connectivity index (χ0v) is 15.8. The van der Waals surface area contributed by atoms with Gasteiger partial charge in [0.1, 0.15) is 4.83 Å². The molecule has 26 heavy (non-hydrogen) atoms. The van der Waals surface area contributed by atoms with Crippen molar-refractivity contribution >= 4 is 33.4 Å². The first-order valence-electron chi connectivity index (χ1n) is 8.36. The number of benzene rings is 1. The van der Waals surface area contributed by atoms with E-state index in [0.717, 1.165) is 21.6 Å². The Labute approximate surface area is 155 Å². The summed E-state index contributed by atoms with van der Waals surface area (Å²) in [6, 6.07) is 11.6. The molecule has 0 atom stereocenters. The Hall–Kier alpha value is -2.67. The number of fused-ring (bicyclic) bond motifs is 1. The molecule has 0 spiro atoms. The summed E-state index contributed by atoms with van der Waals surface area (Å²) in [4.78, 5) is 25.1. The van der Waals surface area contributed by atoms with Gasteiger partial charge < -0.3 is 10.4 Å². The third-order valence-electron chi connectivity index (χ3n) is 4.38. The number of para-hydroxylation sites is 1. The van der Waals surface area contributed by atoms with E-state index in [4.69, 9.17) is 5.11 Å². The number of hydrogen-bond donors (Lipinski definition) is 2. The maximum Gasteiger partial charge on any atom is 0.309 e. The van der Waals surface area contributed by atoms with Crippen molar-refractivity contribution in [3.05, 3.63) is 47.0 Å². The van der Waals surface area contributed by atoms with E-state index in [1.807, 2.05) is 48.0 Å². The van der Waals surface area contributed by atoms with Gasteiger partial charge in [-0.1, -0.05) is 18.2 Å². The van der Waals surface area contributed by atoms with Gasteiger partial charge in [0.05, 0.1) is 21.7 Å². The second-order valence-electron chi connectivity index (χ2n) is 6.86. The van der Waals surface area contributed by atoms with Crippen LogP contribution in [0.5, 0.6) is 0 Å². The van der Waals surface area contributed by atoms with E-state index < -0.39 is 11.4 Å². The largest absolute Gasteiger partial charge is 0.481 e. The van der Waals surface area contributed by atoms with Gasteiger partial charge in [0.25, 0.3) is 5.91 Å². The predicted octanol–water partition coefficient (Wildman–Crippen LogP) is 3.63. The molecule has 136 valence electrons. The minimum atomic E-state index is -0.868. The first-order chi connectivity index (χ1) is 12.3. The van der Waals surface area contributed by atoms with Gasteiger partial charge in [0.2, 0.25) is 0 Å². The van der Waals surface area contributed by atoms with Crippen molar-refractivity contribution in [1.82, 2.24) is 15.1 Å². The molecule has 0 aliphatic heterocycles. The molecule has 3 aromatic rings. The molecule has 2 heterocycles. The second kappa shape index (κ2) is 6.92. The topological polar surface area (TPSA) is 84.2 Å². The van der Waals surface area contributed by atoms with Gasteiger partial charge >= 0.3 is 5.97 Å². The Bertz CT molecular complexity index is 957. The zero-order chi connectivity index (χ0) is 18.9.